The molecule has 0 unspecified atom stereocenters. The summed E-state index contributed by atoms with van der Waals surface area (Å²) in [5.41, 5.74) is 3.02. The first-order chi connectivity index (χ1) is 21.8. The number of hydrogen-bond acceptors (Lipinski definition) is 5. The molecule has 1 N–H and O–H groups in total. The molecular weight excluding hydrogens is 586 g/mol. The molecule has 9 heteroatoms. The fraction of sp³-hybridized carbons (Fsp3) is 0.278. The number of carbonyl (C=O) groups excluding carboxylic acids is 2. The van der Waals surface area contributed by atoms with Crippen LogP contribution in [0.4, 0.5) is 5.69 Å². The SMILES string of the molecule is CCCNC(=O)[C@H](Cc1ccccc1)N(Cc1cccc(OC)c1)C(=O)CN(c1ccc(CC)cc1)S(=O)(=O)c1ccccc1. The van der Waals surface area contributed by atoms with Crippen LogP contribution in [-0.4, -0.2) is 51.4 Å². The predicted molar refractivity (Wildman–Crippen MR) is 178 cm³/mol. The second kappa shape index (κ2) is 15.9. The van der Waals surface area contributed by atoms with E-state index in [1.54, 1.807) is 43.5 Å². The summed E-state index contributed by atoms with van der Waals surface area (Å²) in [6, 6.07) is 31.1. The minimum Gasteiger partial charge on any atom is -0.497 e. The zero-order chi connectivity index (χ0) is 32.2. The third kappa shape index (κ3) is 8.73. The van der Waals surface area contributed by atoms with Gasteiger partial charge in [0.25, 0.3) is 10.0 Å². The molecule has 0 spiro atoms. The van der Waals surface area contributed by atoms with Gasteiger partial charge in [0.05, 0.1) is 17.7 Å². The lowest BCUT2D eigenvalue weighted by Crippen LogP contribution is -2.53. The van der Waals surface area contributed by atoms with Gasteiger partial charge in [0.2, 0.25) is 11.8 Å². The Labute approximate surface area is 266 Å². The average molecular weight is 628 g/mol. The largest absolute Gasteiger partial charge is 0.497 e. The topological polar surface area (TPSA) is 96.0 Å². The Balaban J connectivity index is 1.80. The first kappa shape index (κ1) is 33.3. The van der Waals surface area contributed by atoms with Crippen molar-refractivity contribution in [1.82, 2.24) is 10.2 Å². The van der Waals surface area contributed by atoms with Crippen LogP contribution in [0.15, 0.2) is 114 Å². The molecule has 0 aliphatic rings. The Hall–Kier alpha value is -4.63. The Morgan fingerprint density at radius 1 is 0.800 bits per heavy atom. The number of anilines is 1. The predicted octanol–water partition coefficient (Wildman–Crippen LogP) is 5.62. The third-order valence-electron chi connectivity index (χ3n) is 7.55. The molecule has 0 radical (unpaired) electrons. The molecule has 4 aromatic rings. The van der Waals surface area contributed by atoms with Crippen molar-refractivity contribution in [1.29, 1.82) is 0 Å². The van der Waals surface area contributed by atoms with E-state index in [0.29, 0.717) is 18.0 Å². The van der Waals surface area contributed by atoms with Gasteiger partial charge in [-0.25, -0.2) is 8.42 Å². The van der Waals surface area contributed by atoms with Gasteiger partial charge in [0, 0.05) is 19.5 Å². The van der Waals surface area contributed by atoms with Crippen molar-refractivity contribution in [2.24, 2.45) is 0 Å². The van der Waals surface area contributed by atoms with Crippen LogP contribution in [0.25, 0.3) is 0 Å². The lowest BCUT2D eigenvalue weighted by molar-refractivity contribution is -0.140. The molecule has 0 saturated carbocycles. The van der Waals surface area contributed by atoms with Gasteiger partial charge in [-0.2, -0.15) is 0 Å². The van der Waals surface area contributed by atoms with Crippen LogP contribution in [-0.2, 0) is 39.0 Å². The molecule has 2 amide bonds. The van der Waals surface area contributed by atoms with Crippen LogP contribution in [0.5, 0.6) is 5.75 Å². The van der Waals surface area contributed by atoms with Crippen LogP contribution < -0.4 is 14.4 Å². The zero-order valence-corrected chi connectivity index (χ0v) is 26.9. The Morgan fingerprint density at radius 2 is 1.44 bits per heavy atom. The van der Waals surface area contributed by atoms with Gasteiger partial charge in [0.15, 0.2) is 0 Å². The molecule has 0 aliphatic carbocycles. The number of hydrogen-bond donors (Lipinski definition) is 1. The minimum atomic E-state index is -4.14. The van der Waals surface area contributed by atoms with E-state index in [2.05, 4.69) is 5.32 Å². The highest BCUT2D eigenvalue weighted by molar-refractivity contribution is 7.92. The third-order valence-corrected chi connectivity index (χ3v) is 9.34. The quantitative estimate of drug-likeness (QED) is 0.185. The van der Waals surface area contributed by atoms with Gasteiger partial charge in [0.1, 0.15) is 18.3 Å². The van der Waals surface area contributed by atoms with E-state index >= 15 is 0 Å². The fourth-order valence-electron chi connectivity index (χ4n) is 5.03. The molecule has 0 heterocycles. The number of methoxy groups -OCH3 is 1. The van der Waals surface area contributed by atoms with E-state index in [1.165, 1.54) is 17.0 Å². The van der Waals surface area contributed by atoms with E-state index in [9.17, 15) is 18.0 Å². The number of benzene rings is 4. The molecule has 4 aromatic carbocycles. The smallest absolute Gasteiger partial charge is 0.264 e. The molecule has 0 bridgehead atoms. The van der Waals surface area contributed by atoms with Crippen molar-refractivity contribution in [2.75, 3.05) is 24.5 Å². The molecule has 0 fully saturated rings. The fourth-order valence-corrected chi connectivity index (χ4v) is 6.47. The Bertz CT molecular complexity index is 1650. The number of amides is 2. The summed E-state index contributed by atoms with van der Waals surface area (Å²) in [7, 11) is -2.58. The number of nitrogens with one attached hydrogen (secondary N) is 1. The monoisotopic (exact) mass is 627 g/mol. The van der Waals surface area contributed by atoms with Crippen LogP contribution >= 0.6 is 0 Å². The standard InChI is InChI=1S/C36H41N3O5S/c1-4-23-37-36(41)34(25-29-13-8-6-9-14-29)38(26-30-15-12-16-32(24-30)44-3)35(40)27-39(31-21-19-28(5-2)20-22-31)45(42,43)33-17-10-7-11-18-33/h6-22,24,34H,4-5,23,25-27H2,1-3H3,(H,37,41)/t34-/m0/s1. The summed E-state index contributed by atoms with van der Waals surface area (Å²) in [5, 5.41) is 2.96. The van der Waals surface area contributed by atoms with E-state index < -0.39 is 28.5 Å². The zero-order valence-electron chi connectivity index (χ0n) is 26.1. The maximum Gasteiger partial charge on any atom is 0.264 e. The molecule has 4 rings (SSSR count). The molecular formula is C36H41N3O5S. The molecule has 236 valence electrons. The Morgan fingerprint density at radius 3 is 2.07 bits per heavy atom. The van der Waals surface area contributed by atoms with Crippen LogP contribution in [0.2, 0.25) is 0 Å². The Kier molecular flexibility index (Phi) is 11.8. The van der Waals surface area contributed by atoms with Gasteiger partial charge >= 0.3 is 0 Å². The second-order valence-electron chi connectivity index (χ2n) is 10.7. The van der Waals surface area contributed by atoms with Crippen LogP contribution in [0, 0.1) is 0 Å². The number of ether oxygens (including phenoxy) is 1. The van der Waals surface area contributed by atoms with E-state index in [-0.39, 0.29) is 23.8 Å². The first-order valence-electron chi connectivity index (χ1n) is 15.2. The first-order valence-corrected chi connectivity index (χ1v) is 16.6. The summed E-state index contributed by atoms with van der Waals surface area (Å²) in [6.07, 6.45) is 1.76. The van der Waals surface area contributed by atoms with Gasteiger partial charge in [-0.1, -0.05) is 86.6 Å². The summed E-state index contributed by atoms with van der Waals surface area (Å²) >= 11 is 0. The highest BCUT2D eigenvalue weighted by Crippen LogP contribution is 2.26. The van der Waals surface area contributed by atoms with Crippen molar-refractivity contribution >= 4 is 27.5 Å². The highest BCUT2D eigenvalue weighted by Gasteiger charge is 2.34. The number of nitrogens with zero attached hydrogens (tertiary/aromatic N) is 2. The number of aryl methyl sites for hydroxylation is 1. The molecule has 0 aliphatic heterocycles. The summed E-state index contributed by atoms with van der Waals surface area (Å²) in [5.74, 6) is -0.203. The molecule has 45 heavy (non-hydrogen) atoms. The molecule has 1 atom stereocenters. The van der Waals surface area contributed by atoms with E-state index in [4.69, 9.17) is 4.74 Å². The van der Waals surface area contributed by atoms with Gasteiger partial charge < -0.3 is 15.0 Å². The number of sulfonamides is 1. The lowest BCUT2D eigenvalue weighted by atomic mass is 10.0. The average Bonchev–Trinajstić information content (AvgIpc) is 3.08. The van der Waals surface area contributed by atoms with Crippen molar-refractivity contribution in [3.05, 3.63) is 126 Å². The second-order valence-corrected chi connectivity index (χ2v) is 12.6. The minimum absolute atomic E-state index is 0.0678. The van der Waals surface area contributed by atoms with Gasteiger partial charge in [-0.05, 0) is 65.9 Å². The molecule has 0 saturated heterocycles. The maximum absolute atomic E-state index is 14.5. The van der Waals surface area contributed by atoms with Gasteiger partial charge in [-0.3, -0.25) is 13.9 Å². The number of carbonyl (C=O) groups is 2. The maximum atomic E-state index is 14.5. The van der Waals surface area contributed by atoms with Crippen molar-refractivity contribution in [2.45, 2.75) is 50.6 Å². The number of rotatable bonds is 15. The summed E-state index contributed by atoms with van der Waals surface area (Å²) in [6.45, 7) is 4.00. The normalized spacial score (nSPS) is 11.8. The summed E-state index contributed by atoms with van der Waals surface area (Å²) < 4.78 is 34.7. The van der Waals surface area contributed by atoms with Crippen molar-refractivity contribution in [3.63, 3.8) is 0 Å². The molecule has 0 aromatic heterocycles. The molecule has 8 nitrogen and oxygen atoms in total. The van der Waals surface area contributed by atoms with Crippen molar-refractivity contribution < 1.29 is 22.7 Å². The summed E-state index contributed by atoms with van der Waals surface area (Å²) in [4.78, 5) is 29.8. The van der Waals surface area contributed by atoms with Crippen LogP contribution in [0.1, 0.15) is 37.0 Å². The lowest BCUT2D eigenvalue weighted by Gasteiger charge is -2.34. The van der Waals surface area contributed by atoms with Crippen molar-refractivity contribution in [3.8, 4) is 5.75 Å². The van der Waals surface area contributed by atoms with E-state index in [1.807, 2.05) is 74.5 Å². The highest BCUT2D eigenvalue weighted by atomic mass is 32.2. The van der Waals surface area contributed by atoms with Crippen LogP contribution in [0.3, 0.4) is 0 Å². The van der Waals surface area contributed by atoms with E-state index in [0.717, 1.165) is 33.8 Å². The van der Waals surface area contributed by atoms with Gasteiger partial charge in [-0.15, -0.1) is 0 Å².